The minimum Gasteiger partial charge on any atom is -0.406 e. The van der Waals surface area contributed by atoms with Gasteiger partial charge in [-0.15, -0.1) is 13.2 Å². The highest BCUT2D eigenvalue weighted by molar-refractivity contribution is 6.04. The van der Waals surface area contributed by atoms with Gasteiger partial charge in [0, 0.05) is 31.0 Å². The summed E-state index contributed by atoms with van der Waals surface area (Å²) < 4.78 is 40.8. The number of aryl methyl sites for hydroxylation is 1. The van der Waals surface area contributed by atoms with E-state index in [0.29, 0.717) is 35.5 Å². The van der Waals surface area contributed by atoms with Crippen LogP contribution in [0.3, 0.4) is 0 Å². The Morgan fingerprint density at radius 2 is 1.74 bits per heavy atom. The minimum atomic E-state index is -4.77. The zero-order valence-electron chi connectivity index (χ0n) is 18.2. The van der Waals surface area contributed by atoms with Crippen LogP contribution in [-0.2, 0) is 17.8 Å². The Hall–Kier alpha value is -3.95. The average molecular weight is 470 g/mol. The summed E-state index contributed by atoms with van der Waals surface area (Å²) in [5.41, 5.74) is 2.51. The number of benzene rings is 2. The number of carbonyl (C=O) groups is 2. The van der Waals surface area contributed by atoms with Crippen LogP contribution in [-0.4, -0.2) is 39.6 Å². The molecular formula is C24H21F3N4O3. The van der Waals surface area contributed by atoms with E-state index in [-0.39, 0.29) is 24.1 Å². The summed E-state index contributed by atoms with van der Waals surface area (Å²) in [5.74, 6) is -0.320. The van der Waals surface area contributed by atoms with Crippen molar-refractivity contribution in [1.29, 1.82) is 0 Å². The van der Waals surface area contributed by atoms with Crippen LogP contribution in [0.15, 0.2) is 60.9 Å². The quantitative estimate of drug-likeness (QED) is 0.569. The number of nitrogens with zero attached hydrogens (tertiary/aromatic N) is 3. The van der Waals surface area contributed by atoms with Crippen molar-refractivity contribution < 1.29 is 27.5 Å². The zero-order chi connectivity index (χ0) is 24.3. The maximum atomic E-state index is 13.1. The molecule has 1 aromatic heterocycles. The second-order valence-electron chi connectivity index (χ2n) is 7.79. The van der Waals surface area contributed by atoms with Crippen molar-refractivity contribution in [3.63, 3.8) is 0 Å². The summed E-state index contributed by atoms with van der Waals surface area (Å²) in [6.45, 7) is 2.15. The second-order valence-corrected chi connectivity index (χ2v) is 7.79. The first-order valence-corrected chi connectivity index (χ1v) is 10.5. The van der Waals surface area contributed by atoms with Crippen molar-refractivity contribution in [1.82, 2.24) is 20.2 Å². The van der Waals surface area contributed by atoms with Crippen LogP contribution >= 0.6 is 0 Å². The van der Waals surface area contributed by atoms with E-state index in [4.69, 9.17) is 0 Å². The lowest BCUT2D eigenvalue weighted by molar-refractivity contribution is -0.274. The van der Waals surface area contributed by atoms with Crippen molar-refractivity contribution in [2.24, 2.45) is 0 Å². The summed E-state index contributed by atoms with van der Waals surface area (Å²) in [6, 6.07) is 11.4. The smallest absolute Gasteiger partial charge is 0.406 e. The molecule has 0 fully saturated rings. The molecule has 1 aliphatic heterocycles. The Balaban J connectivity index is 1.46. The second kappa shape index (κ2) is 9.50. The number of hydrogen-bond donors (Lipinski definition) is 1. The SMILES string of the molecule is Cc1ncc(CCN2C(=O)c3ccccc3C2C(=O)NCc2ccc(OC(F)(F)F)cc2)cn1. The molecule has 1 N–H and O–H groups in total. The fourth-order valence-electron chi connectivity index (χ4n) is 3.78. The predicted octanol–water partition coefficient (Wildman–Crippen LogP) is 3.74. The monoisotopic (exact) mass is 470 g/mol. The first-order valence-electron chi connectivity index (χ1n) is 10.5. The molecule has 7 nitrogen and oxygen atoms in total. The van der Waals surface area contributed by atoms with Crippen molar-refractivity contribution in [2.75, 3.05) is 6.54 Å². The van der Waals surface area contributed by atoms with Gasteiger partial charge in [0.2, 0.25) is 5.91 Å². The zero-order valence-corrected chi connectivity index (χ0v) is 18.2. The number of ether oxygens (including phenoxy) is 1. The molecule has 2 aromatic carbocycles. The van der Waals surface area contributed by atoms with Crippen molar-refractivity contribution >= 4 is 11.8 Å². The van der Waals surface area contributed by atoms with Crippen LogP contribution in [0.25, 0.3) is 0 Å². The van der Waals surface area contributed by atoms with Crippen LogP contribution in [0.2, 0.25) is 0 Å². The molecule has 4 rings (SSSR count). The number of aromatic nitrogens is 2. The van der Waals surface area contributed by atoms with E-state index in [9.17, 15) is 22.8 Å². The highest BCUT2D eigenvalue weighted by Gasteiger charge is 2.40. The molecule has 1 atom stereocenters. The molecule has 0 radical (unpaired) electrons. The van der Waals surface area contributed by atoms with Gasteiger partial charge in [-0.1, -0.05) is 30.3 Å². The van der Waals surface area contributed by atoms with Crippen LogP contribution in [0.4, 0.5) is 13.2 Å². The molecule has 10 heteroatoms. The first-order chi connectivity index (χ1) is 16.2. The van der Waals surface area contributed by atoms with E-state index < -0.39 is 12.4 Å². The largest absolute Gasteiger partial charge is 0.573 e. The van der Waals surface area contributed by atoms with Gasteiger partial charge in [-0.2, -0.15) is 0 Å². The molecule has 0 saturated carbocycles. The number of fused-ring (bicyclic) bond motifs is 1. The van der Waals surface area contributed by atoms with E-state index in [1.807, 2.05) is 0 Å². The molecule has 2 amide bonds. The first kappa shape index (κ1) is 23.2. The predicted molar refractivity (Wildman–Crippen MR) is 116 cm³/mol. The average Bonchev–Trinajstić information content (AvgIpc) is 3.09. The van der Waals surface area contributed by atoms with Gasteiger partial charge >= 0.3 is 6.36 Å². The lowest BCUT2D eigenvalue weighted by Crippen LogP contribution is -2.39. The van der Waals surface area contributed by atoms with Crippen molar-refractivity contribution in [3.05, 3.63) is 89.0 Å². The molecule has 0 aliphatic carbocycles. The fourth-order valence-corrected chi connectivity index (χ4v) is 3.78. The summed E-state index contributed by atoms with van der Waals surface area (Å²) >= 11 is 0. The number of halogens is 3. The van der Waals surface area contributed by atoms with E-state index in [2.05, 4.69) is 20.0 Å². The number of hydrogen-bond acceptors (Lipinski definition) is 5. The van der Waals surface area contributed by atoms with Crippen LogP contribution < -0.4 is 10.1 Å². The number of alkyl halides is 3. The fraction of sp³-hybridized carbons (Fsp3) is 0.250. The molecule has 1 unspecified atom stereocenters. The van der Waals surface area contributed by atoms with Crippen molar-refractivity contribution in [2.45, 2.75) is 32.3 Å². The number of carbonyl (C=O) groups excluding carboxylic acids is 2. The Morgan fingerprint density at radius 3 is 2.41 bits per heavy atom. The van der Waals surface area contributed by atoms with Gasteiger partial charge in [-0.05, 0) is 48.2 Å². The Morgan fingerprint density at radius 1 is 1.06 bits per heavy atom. The van der Waals surface area contributed by atoms with E-state index in [1.165, 1.54) is 29.2 Å². The van der Waals surface area contributed by atoms with E-state index in [1.54, 1.807) is 43.6 Å². The molecular weight excluding hydrogens is 449 g/mol. The van der Waals surface area contributed by atoms with Gasteiger partial charge in [0.15, 0.2) is 0 Å². The Labute approximate surface area is 193 Å². The third kappa shape index (κ3) is 5.33. The normalized spacial score (nSPS) is 15.2. The van der Waals surface area contributed by atoms with Gasteiger partial charge < -0.3 is 15.0 Å². The van der Waals surface area contributed by atoms with Gasteiger partial charge in [0.05, 0.1) is 0 Å². The maximum absolute atomic E-state index is 13.1. The Kier molecular flexibility index (Phi) is 6.49. The third-order valence-corrected chi connectivity index (χ3v) is 5.41. The highest BCUT2D eigenvalue weighted by atomic mass is 19.4. The molecule has 0 saturated heterocycles. The van der Waals surface area contributed by atoms with Gasteiger partial charge in [-0.3, -0.25) is 9.59 Å². The summed E-state index contributed by atoms with van der Waals surface area (Å²) in [4.78, 5) is 36.0. The third-order valence-electron chi connectivity index (χ3n) is 5.41. The maximum Gasteiger partial charge on any atom is 0.573 e. The molecule has 2 heterocycles. The summed E-state index contributed by atoms with van der Waals surface area (Å²) in [7, 11) is 0. The topological polar surface area (TPSA) is 84.4 Å². The molecule has 3 aromatic rings. The number of nitrogens with one attached hydrogen (secondary N) is 1. The molecule has 1 aliphatic rings. The molecule has 0 spiro atoms. The Bertz CT molecular complexity index is 1180. The lowest BCUT2D eigenvalue weighted by atomic mass is 10.0. The number of amides is 2. The van der Waals surface area contributed by atoms with Gasteiger partial charge in [-0.25, -0.2) is 9.97 Å². The van der Waals surface area contributed by atoms with E-state index >= 15 is 0 Å². The summed E-state index contributed by atoms with van der Waals surface area (Å²) in [5, 5.41) is 2.79. The van der Waals surface area contributed by atoms with Crippen LogP contribution in [0.5, 0.6) is 5.75 Å². The number of rotatable bonds is 7. The molecule has 34 heavy (non-hydrogen) atoms. The molecule has 176 valence electrons. The minimum absolute atomic E-state index is 0.0810. The highest BCUT2D eigenvalue weighted by Crippen LogP contribution is 2.34. The van der Waals surface area contributed by atoms with Crippen LogP contribution in [0, 0.1) is 6.92 Å². The van der Waals surface area contributed by atoms with Crippen LogP contribution in [0.1, 0.15) is 38.9 Å². The lowest BCUT2D eigenvalue weighted by Gasteiger charge is -2.24. The van der Waals surface area contributed by atoms with Gasteiger partial charge in [0.25, 0.3) is 5.91 Å². The van der Waals surface area contributed by atoms with E-state index in [0.717, 1.165) is 5.56 Å². The van der Waals surface area contributed by atoms with Gasteiger partial charge in [0.1, 0.15) is 17.6 Å². The van der Waals surface area contributed by atoms with Crippen molar-refractivity contribution in [3.8, 4) is 5.75 Å². The molecule has 0 bridgehead atoms. The summed E-state index contributed by atoms with van der Waals surface area (Å²) in [6.07, 6.45) is -0.911. The standard InChI is InChI=1S/C24H21F3N4O3/c1-15-28-13-17(14-29-15)10-11-31-21(19-4-2-3-5-20(19)23(31)33)22(32)30-12-16-6-8-18(9-7-16)34-24(25,26)27/h2-9,13-14,21H,10-12H2,1H3,(H,30,32).